The highest BCUT2D eigenvalue weighted by atomic mass is 19.3. The minimum atomic E-state index is -2.95. The summed E-state index contributed by atoms with van der Waals surface area (Å²) in [5.74, 6) is 0.418. The Morgan fingerprint density at radius 3 is 2.28 bits per heavy atom. The Kier molecular flexibility index (Phi) is 4.95. The van der Waals surface area contributed by atoms with Gasteiger partial charge in [0, 0.05) is 11.1 Å². The third-order valence-corrected chi connectivity index (χ3v) is 4.28. The van der Waals surface area contributed by atoms with E-state index in [-0.39, 0.29) is 5.75 Å². The van der Waals surface area contributed by atoms with Gasteiger partial charge in [0.05, 0.1) is 11.3 Å². The molecule has 0 saturated carbocycles. The number of halogens is 2. The molecule has 29 heavy (non-hydrogen) atoms. The van der Waals surface area contributed by atoms with E-state index in [1.165, 1.54) is 10.7 Å². The molecule has 0 amide bonds. The van der Waals surface area contributed by atoms with Crippen LogP contribution in [0.4, 0.5) is 8.78 Å². The van der Waals surface area contributed by atoms with E-state index in [2.05, 4.69) is 26.3 Å². The molecular formula is C21H13F2N5O. The van der Waals surface area contributed by atoms with Crippen molar-refractivity contribution in [3.63, 3.8) is 0 Å². The Morgan fingerprint density at radius 1 is 0.862 bits per heavy atom. The van der Waals surface area contributed by atoms with E-state index in [1.807, 2.05) is 0 Å². The average molecular weight is 389 g/mol. The summed E-state index contributed by atoms with van der Waals surface area (Å²) in [5.41, 5.74) is 2.62. The van der Waals surface area contributed by atoms with Crippen LogP contribution in [0.15, 0.2) is 72.8 Å². The molecule has 4 rings (SSSR count). The predicted molar refractivity (Wildman–Crippen MR) is 101 cm³/mol. The molecule has 3 aromatic carbocycles. The minimum Gasteiger partial charge on any atom is -0.434 e. The summed E-state index contributed by atoms with van der Waals surface area (Å²) in [5, 5.41) is 21.3. The topological polar surface area (TPSA) is 76.6 Å². The summed E-state index contributed by atoms with van der Waals surface area (Å²) in [7, 11) is 0. The molecule has 0 bridgehead atoms. The van der Waals surface area contributed by atoms with Crippen molar-refractivity contribution in [2.75, 3.05) is 0 Å². The van der Waals surface area contributed by atoms with Crippen molar-refractivity contribution in [3.05, 3.63) is 78.4 Å². The van der Waals surface area contributed by atoms with Crippen molar-refractivity contribution in [1.29, 1.82) is 5.26 Å². The maximum atomic E-state index is 12.9. The molecule has 0 aliphatic heterocycles. The number of hydrogen-bond acceptors (Lipinski definition) is 5. The third-order valence-electron chi connectivity index (χ3n) is 4.28. The van der Waals surface area contributed by atoms with Crippen LogP contribution in [-0.2, 0) is 0 Å². The molecule has 0 fully saturated rings. The van der Waals surface area contributed by atoms with Crippen molar-refractivity contribution < 1.29 is 13.5 Å². The second-order valence-electron chi connectivity index (χ2n) is 5.96. The zero-order valence-corrected chi connectivity index (χ0v) is 14.9. The highest BCUT2D eigenvalue weighted by molar-refractivity contribution is 5.84. The molecule has 0 N–H and O–H groups in total. The van der Waals surface area contributed by atoms with Gasteiger partial charge in [-0.2, -0.15) is 18.7 Å². The lowest BCUT2D eigenvalue weighted by Gasteiger charge is -2.14. The maximum Gasteiger partial charge on any atom is 0.387 e. The Bertz CT molecular complexity index is 1200. The molecule has 8 heteroatoms. The molecule has 0 radical (unpaired) electrons. The van der Waals surface area contributed by atoms with Crippen LogP contribution in [-0.4, -0.2) is 26.8 Å². The van der Waals surface area contributed by atoms with Gasteiger partial charge < -0.3 is 4.74 Å². The molecule has 142 valence electrons. The van der Waals surface area contributed by atoms with Crippen molar-refractivity contribution in [3.8, 4) is 40.0 Å². The summed E-state index contributed by atoms with van der Waals surface area (Å²) >= 11 is 0. The van der Waals surface area contributed by atoms with E-state index in [0.717, 1.165) is 0 Å². The molecule has 0 saturated heterocycles. The summed E-state index contributed by atoms with van der Waals surface area (Å²) < 4.78 is 31.9. The average Bonchev–Trinajstić information content (AvgIpc) is 3.23. The van der Waals surface area contributed by atoms with E-state index in [9.17, 15) is 14.0 Å². The molecule has 4 aromatic rings. The molecule has 0 aliphatic rings. The van der Waals surface area contributed by atoms with Gasteiger partial charge in [-0.25, -0.2) is 0 Å². The molecule has 1 heterocycles. The monoisotopic (exact) mass is 389 g/mol. The van der Waals surface area contributed by atoms with Crippen LogP contribution in [0, 0.1) is 11.3 Å². The van der Waals surface area contributed by atoms with Gasteiger partial charge >= 0.3 is 6.61 Å². The molecule has 6 nitrogen and oxygen atoms in total. The Balaban J connectivity index is 1.90. The van der Waals surface area contributed by atoms with E-state index in [4.69, 9.17) is 0 Å². The summed E-state index contributed by atoms with van der Waals surface area (Å²) in [6, 6.07) is 22.7. The maximum absolute atomic E-state index is 12.9. The van der Waals surface area contributed by atoms with E-state index in [1.54, 1.807) is 66.7 Å². The van der Waals surface area contributed by atoms with Crippen LogP contribution in [0.25, 0.3) is 28.2 Å². The van der Waals surface area contributed by atoms with Crippen LogP contribution in [0.3, 0.4) is 0 Å². The Labute approximate surface area is 164 Å². The zero-order valence-electron chi connectivity index (χ0n) is 14.9. The standard InChI is InChI=1S/C21H13F2N5O/c22-21(23)29-19-12-6-4-9-16(19)15-8-2-3-10-17(15)20-25-26-27-28(20)18-11-5-1-7-14(18)13-24/h1-12,21H. The van der Waals surface area contributed by atoms with Gasteiger partial charge in [-0.3, -0.25) is 0 Å². The van der Waals surface area contributed by atoms with Crippen LogP contribution in [0.2, 0.25) is 0 Å². The lowest BCUT2D eigenvalue weighted by Crippen LogP contribution is -2.05. The van der Waals surface area contributed by atoms with E-state index < -0.39 is 6.61 Å². The number of benzene rings is 3. The first kappa shape index (κ1) is 18.3. The molecular weight excluding hydrogens is 376 g/mol. The van der Waals surface area contributed by atoms with E-state index >= 15 is 0 Å². The first-order valence-electron chi connectivity index (χ1n) is 8.60. The van der Waals surface area contributed by atoms with Crippen molar-refractivity contribution in [1.82, 2.24) is 20.2 Å². The first-order valence-corrected chi connectivity index (χ1v) is 8.60. The van der Waals surface area contributed by atoms with Crippen molar-refractivity contribution >= 4 is 0 Å². The number of tetrazole rings is 1. The fourth-order valence-electron chi connectivity index (χ4n) is 3.07. The first-order chi connectivity index (χ1) is 14.2. The second kappa shape index (κ2) is 7.86. The van der Waals surface area contributed by atoms with Gasteiger partial charge in [0.1, 0.15) is 11.8 Å². The molecule has 1 aromatic heterocycles. The van der Waals surface area contributed by atoms with Crippen molar-refractivity contribution in [2.45, 2.75) is 6.61 Å². The molecule has 0 spiro atoms. The summed E-state index contributed by atoms with van der Waals surface area (Å²) in [6.45, 7) is -2.95. The van der Waals surface area contributed by atoms with Crippen LogP contribution in [0.5, 0.6) is 5.75 Å². The van der Waals surface area contributed by atoms with Gasteiger partial charge in [0.2, 0.25) is 0 Å². The number of alkyl halides is 2. The van der Waals surface area contributed by atoms with E-state index in [0.29, 0.717) is 33.8 Å². The summed E-state index contributed by atoms with van der Waals surface area (Å²) in [6.07, 6.45) is 0. The summed E-state index contributed by atoms with van der Waals surface area (Å²) in [4.78, 5) is 0. The lowest BCUT2D eigenvalue weighted by atomic mass is 9.98. The highest BCUT2D eigenvalue weighted by Gasteiger charge is 2.19. The minimum absolute atomic E-state index is 0.0476. The van der Waals surface area contributed by atoms with Crippen LogP contribution >= 0.6 is 0 Å². The van der Waals surface area contributed by atoms with Gasteiger partial charge in [-0.05, 0) is 34.2 Å². The molecule has 0 unspecified atom stereocenters. The number of para-hydroxylation sites is 2. The fraction of sp³-hybridized carbons (Fsp3) is 0.0476. The van der Waals surface area contributed by atoms with Gasteiger partial charge in [-0.1, -0.05) is 54.6 Å². The van der Waals surface area contributed by atoms with Gasteiger partial charge in [0.15, 0.2) is 5.82 Å². The fourth-order valence-corrected chi connectivity index (χ4v) is 3.07. The number of ether oxygens (including phenoxy) is 1. The quantitative estimate of drug-likeness (QED) is 0.503. The molecule has 0 aliphatic carbocycles. The predicted octanol–water partition coefficient (Wildman–Crippen LogP) is 4.47. The van der Waals surface area contributed by atoms with Crippen LogP contribution < -0.4 is 4.74 Å². The number of aromatic nitrogens is 4. The van der Waals surface area contributed by atoms with Gasteiger partial charge in [-0.15, -0.1) is 5.10 Å². The highest BCUT2D eigenvalue weighted by Crippen LogP contribution is 2.37. The number of hydrogen-bond donors (Lipinski definition) is 0. The largest absolute Gasteiger partial charge is 0.434 e. The number of nitrogens with zero attached hydrogens (tertiary/aromatic N) is 5. The number of nitriles is 1. The van der Waals surface area contributed by atoms with Crippen LogP contribution in [0.1, 0.15) is 5.56 Å². The molecule has 0 atom stereocenters. The Morgan fingerprint density at radius 2 is 1.52 bits per heavy atom. The lowest BCUT2D eigenvalue weighted by molar-refractivity contribution is -0.0494. The second-order valence-corrected chi connectivity index (χ2v) is 5.96. The smallest absolute Gasteiger partial charge is 0.387 e. The zero-order chi connectivity index (χ0) is 20.2. The number of rotatable bonds is 5. The van der Waals surface area contributed by atoms with Gasteiger partial charge in [0.25, 0.3) is 0 Å². The third kappa shape index (κ3) is 3.53. The van der Waals surface area contributed by atoms with Crippen molar-refractivity contribution in [2.24, 2.45) is 0 Å². The Hall–Kier alpha value is -4.12. The normalized spacial score (nSPS) is 10.7. The SMILES string of the molecule is N#Cc1ccccc1-n1nnnc1-c1ccccc1-c1ccccc1OC(F)F.